The van der Waals surface area contributed by atoms with Crippen molar-refractivity contribution in [3.05, 3.63) is 48.0 Å². The number of hydrogen-bond donors (Lipinski definition) is 0. The van der Waals surface area contributed by atoms with Crippen LogP contribution in [0.15, 0.2) is 42.5 Å². The van der Waals surface area contributed by atoms with Crippen LogP contribution >= 0.6 is 0 Å². The van der Waals surface area contributed by atoms with Crippen molar-refractivity contribution in [1.82, 2.24) is 0 Å². The molecule has 1 aromatic carbocycles. The van der Waals surface area contributed by atoms with E-state index in [1.807, 2.05) is 0 Å². The third kappa shape index (κ3) is 5.75. The van der Waals surface area contributed by atoms with Crippen LogP contribution in [0.3, 0.4) is 0 Å². The van der Waals surface area contributed by atoms with Crippen molar-refractivity contribution in [3.63, 3.8) is 0 Å². The molecule has 0 radical (unpaired) electrons. The minimum Gasteiger partial charge on any atom is -0.413 e. The van der Waals surface area contributed by atoms with Gasteiger partial charge in [0.05, 0.1) is 6.61 Å². The van der Waals surface area contributed by atoms with E-state index in [0.717, 1.165) is 19.4 Å². The third-order valence-corrected chi connectivity index (χ3v) is 8.46. The molecule has 0 spiro atoms. The molecule has 0 aromatic heterocycles. The van der Waals surface area contributed by atoms with Crippen molar-refractivity contribution in [3.8, 4) is 0 Å². The number of benzene rings is 1. The smallest absolute Gasteiger partial charge is 0.192 e. The van der Waals surface area contributed by atoms with Gasteiger partial charge in [0, 0.05) is 0 Å². The van der Waals surface area contributed by atoms with Crippen LogP contribution in [0.5, 0.6) is 0 Å². The second kappa shape index (κ2) is 7.06. The maximum Gasteiger partial charge on any atom is 0.192 e. The summed E-state index contributed by atoms with van der Waals surface area (Å²) >= 11 is 0. The van der Waals surface area contributed by atoms with Gasteiger partial charge in [-0.25, -0.2) is 0 Å². The summed E-state index contributed by atoms with van der Waals surface area (Å²) in [6.07, 6.45) is 6.60. The van der Waals surface area contributed by atoms with Crippen molar-refractivity contribution in [2.75, 3.05) is 6.61 Å². The molecule has 0 fully saturated rings. The summed E-state index contributed by atoms with van der Waals surface area (Å²) in [6.45, 7) is 12.2. The highest BCUT2D eigenvalue weighted by atomic mass is 28.4. The Labute approximate surface area is 119 Å². The second-order valence-corrected chi connectivity index (χ2v) is 11.4. The molecule has 0 aliphatic carbocycles. The van der Waals surface area contributed by atoms with Crippen LogP contribution in [0, 0.1) is 0 Å². The molecule has 106 valence electrons. The minimum absolute atomic E-state index is 0.297. The molecule has 0 heterocycles. The van der Waals surface area contributed by atoms with Crippen LogP contribution < -0.4 is 0 Å². The monoisotopic (exact) mass is 276 g/mol. The standard InChI is InChI=1S/C17H28OSi/c1-17(2,3)19(4,5)18-15-11-7-10-14-16-12-8-6-9-13-16/h6-9,11-13H,10,14-15H2,1-5H3/b11-7+. The maximum absolute atomic E-state index is 6.10. The lowest BCUT2D eigenvalue weighted by molar-refractivity contribution is 0.327. The highest BCUT2D eigenvalue weighted by Crippen LogP contribution is 2.36. The summed E-state index contributed by atoms with van der Waals surface area (Å²) in [7, 11) is -1.58. The summed E-state index contributed by atoms with van der Waals surface area (Å²) in [6, 6.07) is 10.6. The SMILES string of the molecule is CC(C)(C)[Si](C)(C)OC/C=C/CCc1ccccc1. The van der Waals surface area contributed by atoms with E-state index in [2.05, 4.69) is 76.3 Å². The molecular formula is C17H28OSi. The van der Waals surface area contributed by atoms with Crippen molar-refractivity contribution in [2.24, 2.45) is 0 Å². The molecule has 1 aromatic rings. The predicted octanol–water partition coefficient (Wildman–Crippen LogP) is 5.20. The molecule has 0 aliphatic heterocycles. The summed E-state index contributed by atoms with van der Waals surface area (Å²) in [5.74, 6) is 0. The lowest BCUT2D eigenvalue weighted by Crippen LogP contribution is -2.40. The summed E-state index contributed by atoms with van der Waals surface area (Å²) < 4.78 is 6.10. The molecule has 0 saturated heterocycles. The van der Waals surface area contributed by atoms with Crippen LogP contribution in [0.1, 0.15) is 32.8 Å². The first-order valence-electron chi connectivity index (χ1n) is 7.16. The van der Waals surface area contributed by atoms with E-state index in [0.29, 0.717) is 5.04 Å². The Bertz CT molecular complexity index is 387. The molecule has 0 unspecified atom stereocenters. The molecule has 0 saturated carbocycles. The number of allylic oxidation sites excluding steroid dienone is 1. The largest absolute Gasteiger partial charge is 0.413 e. The fourth-order valence-corrected chi connectivity index (χ4v) is 2.50. The summed E-state index contributed by atoms with van der Waals surface area (Å²) in [4.78, 5) is 0. The number of rotatable bonds is 6. The number of aryl methyl sites for hydroxylation is 1. The van der Waals surface area contributed by atoms with E-state index in [1.54, 1.807) is 0 Å². The Morgan fingerprint density at radius 1 is 1.05 bits per heavy atom. The van der Waals surface area contributed by atoms with Gasteiger partial charge in [-0.05, 0) is 36.5 Å². The molecule has 19 heavy (non-hydrogen) atoms. The quantitative estimate of drug-likeness (QED) is 0.513. The van der Waals surface area contributed by atoms with Crippen molar-refractivity contribution >= 4 is 8.32 Å². The van der Waals surface area contributed by atoms with Gasteiger partial charge in [0.1, 0.15) is 0 Å². The molecule has 0 aliphatic rings. The molecule has 0 atom stereocenters. The Hall–Kier alpha value is -0.863. The van der Waals surface area contributed by atoms with Crippen LogP contribution in [0.2, 0.25) is 18.1 Å². The predicted molar refractivity (Wildman–Crippen MR) is 87.1 cm³/mol. The fourth-order valence-electron chi connectivity index (χ4n) is 1.55. The summed E-state index contributed by atoms with van der Waals surface area (Å²) in [5, 5.41) is 0.297. The fraction of sp³-hybridized carbons (Fsp3) is 0.529. The average Bonchev–Trinajstić information content (AvgIpc) is 2.33. The van der Waals surface area contributed by atoms with Crippen LogP contribution in [0.25, 0.3) is 0 Å². The Morgan fingerprint density at radius 2 is 1.68 bits per heavy atom. The maximum atomic E-state index is 6.10. The van der Waals surface area contributed by atoms with Gasteiger partial charge in [0.15, 0.2) is 8.32 Å². The van der Waals surface area contributed by atoms with Gasteiger partial charge in [-0.2, -0.15) is 0 Å². The second-order valence-electron chi connectivity index (χ2n) is 6.57. The van der Waals surface area contributed by atoms with Gasteiger partial charge in [-0.15, -0.1) is 0 Å². The zero-order chi connectivity index (χ0) is 14.4. The molecular weight excluding hydrogens is 248 g/mol. The Morgan fingerprint density at radius 3 is 2.26 bits per heavy atom. The van der Waals surface area contributed by atoms with Crippen LogP contribution in [0.4, 0.5) is 0 Å². The van der Waals surface area contributed by atoms with Crippen LogP contribution in [-0.4, -0.2) is 14.9 Å². The van der Waals surface area contributed by atoms with E-state index >= 15 is 0 Å². The highest BCUT2D eigenvalue weighted by molar-refractivity contribution is 6.74. The van der Waals surface area contributed by atoms with Gasteiger partial charge >= 0.3 is 0 Å². The highest BCUT2D eigenvalue weighted by Gasteiger charge is 2.36. The van der Waals surface area contributed by atoms with E-state index in [4.69, 9.17) is 4.43 Å². The first-order chi connectivity index (χ1) is 8.83. The summed E-state index contributed by atoms with van der Waals surface area (Å²) in [5.41, 5.74) is 1.40. The molecule has 1 rings (SSSR count). The number of hydrogen-bond acceptors (Lipinski definition) is 1. The zero-order valence-corrected chi connectivity index (χ0v) is 14.1. The van der Waals surface area contributed by atoms with Gasteiger partial charge in [-0.3, -0.25) is 0 Å². The van der Waals surface area contributed by atoms with E-state index in [1.165, 1.54) is 5.56 Å². The molecule has 0 N–H and O–H groups in total. The topological polar surface area (TPSA) is 9.23 Å². The van der Waals surface area contributed by atoms with Gasteiger partial charge in [0.25, 0.3) is 0 Å². The van der Waals surface area contributed by atoms with Gasteiger partial charge < -0.3 is 4.43 Å². The molecule has 1 nitrogen and oxygen atoms in total. The lowest BCUT2D eigenvalue weighted by Gasteiger charge is -2.35. The Balaban J connectivity index is 2.25. The van der Waals surface area contributed by atoms with Crippen LogP contribution in [-0.2, 0) is 10.8 Å². The van der Waals surface area contributed by atoms with Crippen molar-refractivity contribution in [2.45, 2.75) is 51.7 Å². The van der Waals surface area contributed by atoms with Crippen molar-refractivity contribution in [1.29, 1.82) is 0 Å². The third-order valence-electron chi connectivity index (χ3n) is 3.96. The molecule has 2 heteroatoms. The zero-order valence-electron chi connectivity index (χ0n) is 13.1. The Kier molecular flexibility index (Phi) is 6.02. The average molecular weight is 276 g/mol. The lowest BCUT2D eigenvalue weighted by atomic mass is 10.1. The van der Waals surface area contributed by atoms with E-state index in [-0.39, 0.29) is 0 Å². The molecule has 0 amide bonds. The molecule has 0 bridgehead atoms. The normalized spacial score (nSPS) is 13.1. The minimum atomic E-state index is -1.58. The van der Waals surface area contributed by atoms with Gasteiger partial charge in [-0.1, -0.05) is 63.3 Å². The van der Waals surface area contributed by atoms with E-state index < -0.39 is 8.32 Å². The first-order valence-corrected chi connectivity index (χ1v) is 10.1. The first kappa shape index (κ1) is 16.2. The van der Waals surface area contributed by atoms with E-state index in [9.17, 15) is 0 Å². The van der Waals surface area contributed by atoms with Gasteiger partial charge in [0.2, 0.25) is 0 Å². The van der Waals surface area contributed by atoms with Crippen molar-refractivity contribution < 1.29 is 4.43 Å².